The molecule has 0 aliphatic rings. The van der Waals surface area contributed by atoms with E-state index in [0.29, 0.717) is 11.3 Å². The van der Waals surface area contributed by atoms with Gasteiger partial charge >= 0.3 is 0 Å². The second-order valence-corrected chi connectivity index (χ2v) is 7.90. The maximum absolute atomic E-state index is 5.94. The summed E-state index contributed by atoms with van der Waals surface area (Å²) >= 11 is 16.7. The summed E-state index contributed by atoms with van der Waals surface area (Å²) in [6.07, 6.45) is 0. The standard InChI is InChI=1S/C17H15BrClN3S2/c18-15-4-2-1-3-13(15)10-24-11-16-20-21-17(23)22(16)9-12-5-7-14(19)8-6-12/h1-8H,9-11H2,(H,21,23). The molecular weight excluding hydrogens is 426 g/mol. The fourth-order valence-corrected chi connectivity index (χ4v) is 4.19. The Bertz CT molecular complexity index is 874. The van der Waals surface area contributed by atoms with Crippen molar-refractivity contribution in [1.82, 2.24) is 14.8 Å². The molecule has 0 saturated heterocycles. The molecule has 0 fully saturated rings. The van der Waals surface area contributed by atoms with Crippen LogP contribution in [0.3, 0.4) is 0 Å². The van der Waals surface area contributed by atoms with Gasteiger partial charge in [0.25, 0.3) is 0 Å². The fraction of sp³-hybridized carbons (Fsp3) is 0.176. The Hall–Kier alpha value is -1.08. The van der Waals surface area contributed by atoms with Crippen LogP contribution < -0.4 is 0 Å². The summed E-state index contributed by atoms with van der Waals surface area (Å²) in [5.41, 5.74) is 2.43. The molecule has 124 valence electrons. The largest absolute Gasteiger partial charge is 0.299 e. The summed E-state index contributed by atoms with van der Waals surface area (Å²) in [5, 5.41) is 8.00. The van der Waals surface area contributed by atoms with Gasteiger partial charge in [-0.3, -0.25) is 9.67 Å². The summed E-state index contributed by atoms with van der Waals surface area (Å²) in [6.45, 7) is 0.692. The van der Waals surface area contributed by atoms with Gasteiger partial charge in [0.15, 0.2) is 4.77 Å². The monoisotopic (exact) mass is 439 g/mol. The van der Waals surface area contributed by atoms with E-state index in [2.05, 4.69) is 44.3 Å². The van der Waals surface area contributed by atoms with E-state index in [1.807, 2.05) is 46.7 Å². The van der Waals surface area contributed by atoms with Crippen LogP contribution in [0.4, 0.5) is 0 Å². The fourth-order valence-electron chi connectivity index (χ4n) is 2.26. The Kier molecular flexibility index (Phi) is 6.16. The SMILES string of the molecule is S=c1[nH]nc(CSCc2ccccc2Br)n1Cc1ccc(Cl)cc1. The van der Waals surface area contributed by atoms with Crippen molar-refractivity contribution in [2.75, 3.05) is 0 Å². The van der Waals surface area contributed by atoms with Crippen molar-refractivity contribution in [1.29, 1.82) is 0 Å². The predicted molar refractivity (Wildman–Crippen MR) is 107 cm³/mol. The van der Waals surface area contributed by atoms with Crippen LogP contribution in [-0.4, -0.2) is 14.8 Å². The number of aromatic amines is 1. The molecule has 3 rings (SSSR count). The molecule has 24 heavy (non-hydrogen) atoms. The van der Waals surface area contributed by atoms with E-state index in [-0.39, 0.29) is 0 Å². The first kappa shape index (κ1) is 17.7. The zero-order valence-electron chi connectivity index (χ0n) is 12.7. The van der Waals surface area contributed by atoms with Crippen LogP contribution in [0.25, 0.3) is 0 Å². The lowest BCUT2D eigenvalue weighted by Crippen LogP contribution is -2.04. The summed E-state index contributed by atoms with van der Waals surface area (Å²) < 4.78 is 3.81. The molecule has 7 heteroatoms. The van der Waals surface area contributed by atoms with Crippen molar-refractivity contribution in [2.45, 2.75) is 18.1 Å². The molecule has 1 aromatic heterocycles. The lowest BCUT2D eigenvalue weighted by Gasteiger charge is -2.08. The first-order chi connectivity index (χ1) is 11.6. The van der Waals surface area contributed by atoms with Crippen LogP contribution in [0.5, 0.6) is 0 Å². The van der Waals surface area contributed by atoms with E-state index < -0.39 is 0 Å². The Morgan fingerprint density at radius 1 is 1.12 bits per heavy atom. The topological polar surface area (TPSA) is 33.6 Å². The molecular formula is C17H15BrClN3S2. The summed E-state index contributed by atoms with van der Waals surface area (Å²) in [6, 6.07) is 16.1. The second-order valence-electron chi connectivity index (χ2n) is 5.24. The van der Waals surface area contributed by atoms with Gasteiger partial charge in [-0.2, -0.15) is 5.10 Å². The number of nitrogens with one attached hydrogen (secondary N) is 1. The Balaban J connectivity index is 1.67. The third-order valence-electron chi connectivity index (χ3n) is 3.54. The molecule has 3 nitrogen and oxygen atoms in total. The average Bonchev–Trinajstić information content (AvgIpc) is 2.92. The van der Waals surface area contributed by atoms with E-state index in [4.69, 9.17) is 23.8 Å². The summed E-state index contributed by atoms with van der Waals surface area (Å²) in [4.78, 5) is 0. The van der Waals surface area contributed by atoms with Gasteiger partial charge in [-0.25, -0.2) is 0 Å². The van der Waals surface area contributed by atoms with Gasteiger partial charge in [0.05, 0.1) is 12.3 Å². The van der Waals surface area contributed by atoms with Gasteiger partial charge in [0, 0.05) is 15.2 Å². The highest BCUT2D eigenvalue weighted by molar-refractivity contribution is 9.10. The first-order valence-electron chi connectivity index (χ1n) is 7.33. The highest BCUT2D eigenvalue weighted by Gasteiger charge is 2.08. The van der Waals surface area contributed by atoms with Crippen LogP contribution in [0.2, 0.25) is 5.02 Å². The number of rotatable bonds is 6. The Morgan fingerprint density at radius 2 is 1.88 bits per heavy atom. The lowest BCUT2D eigenvalue weighted by molar-refractivity contribution is 0.746. The second kappa shape index (κ2) is 8.34. The highest BCUT2D eigenvalue weighted by Crippen LogP contribution is 2.23. The smallest absolute Gasteiger partial charge is 0.195 e. The van der Waals surface area contributed by atoms with Gasteiger partial charge < -0.3 is 0 Å². The van der Waals surface area contributed by atoms with E-state index in [1.54, 1.807) is 0 Å². The Morgan fingerprint density at radius 3 is 2.62 bits per heavy atom. The molecule has 0 unspecified atom stereocenters. The van der Waals surface area contributed by atoms with Gasteiger partial charge in [0.1, 0.15) is 5.82 Å². The van der Waals surface area contributed by atoms with E-state index >= 15 is 0 Å². The highest BCUT2D eigenvalue weighted by atomic mass is 79.9. The van der Waals surface area contributed by atoms with Crippen molar-refractivity contribution in [3.8, 4) is 0 Å². The number of hydrogen-bond acceptors (Lipinski definition) is 3. The number of aromatic nitrogens is 3. The molecule has 0 atom stereocenters. The van der Waals surface area contributed by atoms with Crippen molar-refractivity contribution in [2.24, 2.45) is 0 Å². The molecule has 0 aliphatic carbocycles. The van der Waals surface area contributed by atoms with Crippen LogP contribution in [0.15, 0.2) is 53.0 Å². The van der Waals surface area contributed by atoms with E-state index in [1.165, 1.54) is 5.56 Å². The number of hydrogen-bond donors (Lipinski definition) is 1. The number of benzene rings is 2. The van der Waals surface area contributed by atoms with Gasteiger partial charge in [-0.15, -0.1) is 11.8 Å². The maximum Gasteiger partial charge on any atom is 0.195 e. The molecule has 3 aromatic rings. The minimum Gasteiger partial charge on any atom is -0.299 e. The van der Waals surface area contributed by atoms with Crippen LogP contribution >= 0.6 is 51.5 Å². The third kappa shape index (κ3) is 4.51. The average molecular weight is 441 g/mol. The van der Waals surface area contributed by atoms with Gasteiger partial charge in [0.2, 0.25) is 0 Å². The molecule has 0 aliphatic heterocycles. The molecule has 2 aromatic carbocycles. The number of thioether (sulfide) groups is 1. The molecule has 0 spiro atoms. The number of H-pyrrole nitrogens is 1. The van der Waals surface area contributed by atoms with Crippen LogP contribution in [0.1, 0.15) is 17.0 Å². The molecule has 0 bridgehead atoms. The molecule has 0 amide bonds. The maximum atomic E-state index is 5.94. The lowest BCUT2D eigenvalue weighted by atomic mass is 10.2. The van der Waals surface area contributed by atoms with E-state index in [9.17, 15) is 0 Å². The van der Waals surface area contributed by atoms with Crippen molar-refractivity contribution in [3.05, 3.63) is 79.7 Å². The minimum atomic E-state index is 0.640. The van der Waals surface area contributed by atoms with Crippen LogP contribution in [0, 0.1) is 4.77 Å². The van der Waals surface area contributed by atoms with E-state index in [0.717, 1.165) is 32.4 Å². The van der Waals surface area contributed by atoms with Crippen molar-refractivity contribution >= 4 is 51.5 Å². The number of halogens is 2. The van der Waals surface area contributed by atoms with Gasteiger partial charge in [-0.05, 0) is 41.5 Å². The van der Waals surface area contributed by atoms with Crippen molar-refractivity contribution in [3.63, 3.8) is 0 Å². The Labute approximate surface area is 163 Å². The normalized spacial score (nSPS) is 10.9. The quantitative estimate of drug-likeness (QED) is 0.489. The molecule has 1 N–H and O–H groups in total. The predicted octanol–water partition coefficient (Wildman–Crippen LogP) is 5.84. The zero-order valence-corrected chi connectivity index (χ0v) is 16.7. The van der Waals surface area contributed by atoms with Crippen LogP contribution in [-0.2, 0) is 18.1 Å². The molecule has 0 saturated carbocycles. The first-order valence-corrected chi connectivity index (χ1v) is 10.1. The zero-order chi connectivity index (χ0) is 16.9. The minimum absolute atomic E-state index is 0.640. The molecule has 1 heterocycles. The summed E-state index contributed by atoms with van der Waals surface area (Å²) in [7, 11) is 0. The third-order valence-corrected chi connectivity index (χ3v) is 5.85. The van der Waals surface area contributed by atoms with Gasteiger partial charge in [-0.1, -0.05) is 57.9 Å². The van der Waals surface area contributed by atoms with Crippen molar-refractivity contribution < 1.29 is 0 Å². The summed E-state index contributed by atoms with van der Waals surface area (Å²) in [5.74, 6) is 2.66. The molecule has 0 radical (unpaired) electrons. The number of nitrogens with zero attached hydrogens (tertiary/aromatic N) is 2.